The largest absolute Gasteiger partial charge is 0.481 e. The van der Waals surface area contributed by atoms with Crippen molar-refractivity contribution in [3.8, 4) is 0 Å². The Morgan fingerprint density at radius 3 is 3.05 bits per heavy atom. The molecule has 2 unspecified atom stereocenters. The van der Waals surface area contributed by atoms with E-state index in [0.717, 1.165) is 22.8 Å². The number of rotatable bonds is 4. The molecule has 0 spiro atoms. The molecule has 1 aliphatic rings. The maximum absolute atomic E-state index is 12.1. The number of imidazole rings is 1. The molecule has 112 valence electrons. The molecule has 6 nitrogen and oxygen atoms in total. The van der Waals surface area contributed by atoms with Gasteiger partial charge in [0, 0.05) is 23.3 Å². The second kappa shape index (κ2) is 5.48. The molecular formula is C14H17N3O3S. The molecule has 7 heteroatoms. The van der Waals surface area contributed by atoms with Crippen LogP contribution in [0.4, 0.5) is 0 Å². The Labute approximate surface area is 125 Å². The highest BCUT2D eigenvalue weighted by Crippen LogP contribution is 2.25. The van der Waals surface area contributed by atoms with Crippen molar-refractivity contribution >= 4 is 28.2 Å². The number of carboxylic acids is 1. The first-order valence-corrected chi connectivity index (χ1v) is 7.85. The lowest BCUT2D eigenvalue weighted by atomic mass is 10.1. The third kappa shape index (κ3) is 2.92. The Bertz CT molecular complexity index is 691. The van der Waals surface area contributed by atoms with E-state index in [1.807, 2.05) is 22.9 Å². The number of nitrogens with one attached hydrogen (secondary N) is 1. The van der Waals surface area contributed by atoms with Gasteiger partial charge >= 0.3 is 5.97 Å². The summed E-state index contributed by atoms with van der Waals surface area (Å²) in [6.07, 6.45) is 4.13. The number of aryl methyl sites for hydroxylation is 1. The van der Waals surface area contributed by atoms with Crippen LogP contribution in [0.3, 0.4) is 0 Å². The lowest BCUT2D eigenvalue weighted by Crippen LogP contribution is -2.34. The summed E-state index contributed by atoms with van der Waals surface area (Å²) >= 11 is 1.52. The highest BCUT2D eigenvalue weighted by Gasteiger charge is 2.30. The van der Waals surface area contributed by atoms with Crippen LogP contribution in [0.25, 0.3) is 4.96 Å². The number of carbonyl (C=O) groups is 2. The third-order valence-electron chi connectivity index (χ3n) is 3.89. The minimum atomic E-state index is -0.764. The molecule has 2 atom stereocenters. The van der Waals surface area contributed by atoms with Crippen molar-refractivity contribution in [1.82, 2.24) is 14.7 Å². The fourth-order valence-corrected chi connectivity index (χ4v) is 3.77. The fraction of sp³-hybridized carbons (Fsp3) is 0.500. The molecule has 1 saturated carbocycles. The number of hydrogen-bond donors (Lipinski definition) is 2. The van der Waals surface area contributed by atoms with Gasteiger partial charge in [0.1, 0.15) is 0 Å². The van der Waals surface area contributed by atoms with Crippen LogP contribution in [0.1, 0.15) is 30.7 Å². The minimum Gasteiger partial charge on any atom is -0.481 e. The monoisotopic (exact) mass is 307 g/mol. The van der Waals surface area contributed by atoms with Crippen LogP contribution in [0.15, 0.2) is 11.6 Å². The van der Waals surface area contributed by atoms with E-state index in [1.165, 1.54) is 11.3 Å². The first-order valence-electron chi connectivity index (χ1n) is 6.97. The Morgan fingerprint density at radius 2 is 2.33 bits per heavy atom. The summed E-state index contributed by atoms with van der Waals surface area (Å²) < 4.78 is 1.94. The van der Waals surface area contributed by atoms with Crippen molar-refractivity contribution < 1.29 is 14.7 Å². The van der Waals surface area contributed by atoms with E-state index < -0.39 is 5.97 Å². The molecule has 0 saturated heterocycles. The van der Waals surface area contributed by atoms with Crippen molar-refractivity contribution in [3.05, 3.63) is 23.0 Å². The predicted octanol–water partition coefficient (Wildman–Crippen LogP) is 1.62. The van der Waals surface area contributed by atoms with Gasteiger partial charge in [-0.1, -0.05) is 0 Å². The molecule has 0 radical (unpaired) electrons. The number of nitrogens with zero attached hydrogens (tertiary/aromatic N) is 2. The van der Waals surface area contributed by atoms with E-state index >= 15 is 0 Å². The Hall–Kier alpha value is -1.89. The fourth-order valence-electron chi connectivity index (χ4n) is 2.85. The summed E-state index contributed by atoms with van der Waals surface area (Å²) in [5, 5.41) is 13.9. The predicted molar refractivity (Wildman–Crippen MR) is 78.4 cm³/mol. The molecule has 2 aromatic heterocycles. The van der Waals surface area contributed by atoms with Gasteiger partial charge in [-0.05, 0) is 26.2 Å². The number of aliphatic carboxylic acids is 1. The first kappa shape index (κ1) is 14.1. The molecule has 0 aromatic carbocycles. The standard InChI is InChI=1S/C14H17N3O3S/c1-8-6-17-11(7-21-14(17)15-8)5-12(18)16-10-3-2-9(4-10)13(19)20/h6-7,9-10H,2-5H2,1H3,(H,16,18)(H,19,20). The highest BCUT2D eigenvalue weighted by molar-refractivity contribution is 7.15. The minimum absolute atomic E-state index is 0.0164. The van der Waals surface area contributed by atoms with E-state index in [9.17, 15) is 9.59 Å². The second-order valence-electron chi connectivity index (χ2n) is 5.55. The van der Waals surface area contributed by atoms with Crippen LogP contribution in [0.2, 0.25) is 0 Å². The summed E-state index contributed by atoms with van der Waals surface area (Å²) in [6.45, 7) is 1.92. The molecule has 0 bridgehead atoms. The van der Waals surface area contributed by atoms with Crippen molar-refractivity contribution in [3.63, 3.8) is 0 Å². The first-order chi connectivity index (χ1) is 10.0. The Kier molecular flexibility index (Phi) is 3.67. The highest BCUT2D eigenvalue weighted by atomic mass is 32.1. The lowest BCUT2D eigenvalue weighted by Gasteiger charge is -2.12. The number of thiazole rings is 1. The Morgan fingerprint density at radius 1 is 1.52 bits per heavy atom. The smallest absolute Gasteiger partial charge is 0.306 e. The molecule has 1 fully saturated rings. The van der Waals surface area contributed by atoms with Gasteiger partial charge in [0.05, 0.1) is 18.0 Å². The van der Waals surface area contributed by atoms with Gasteiger partial charge in [-0.2, -0.15) is 0 Å². The zero-order valence-corrected chi connectivity index (χ0v) is 12.5. The molecule has 2 N–H and O–H groups in total. The third-order valence-corrected chi connectivity index (χ3v) is 4.78. The van der Waals surface area contributed by atoms with E-state index in [4.69, 9.17) is 5.11 Å². The number of carbonyl (C=O) groups excluding carboxylic acids is 1. The molecule has 1 amide bonds. The maximum atomic E-state index is 12.1. The summed E-state index contributed by atoms with van der Waals surface area (Å²) in [7, 11) is 0. The quantitative estimate of drug-likeness (QED) is 0.899. The Balaban J connectivity index is 1.60. The SMILES string of the molecule is Cc1cn2c(CC(=O)NC3CCC(C(=O)O)C3)csc2n1. The summed E-state index contributed by atoms with van der Waals surface area (Å²) in [5.41, 5.74) is 1.85. The number of hydrogen-bond acceptors (Lipinski definition) is 4. The number of aromatic nitrogens is 2. The second-order valence-corrected chi connectivity index (χ2v) is 6.39. The number of amides is 1. The molecule has 1 aliphatic carbocycles. The van der Waals surface area contributed by atoms with Gasteiger partial charge in [-0.3, -0.25) is 14.0 Å². The van der Waals surface area contributed by atoms with Gasteiger partial charge in [-0.15, -0.1) is 11.3 Å². The molecule has 21 heavy (non-hydrogen) atoms. The molecule has 0 aliphatic heterocycles. The van der Waals surface area contributed by atoms with E-state index in [1.54, 1.807) is 0 Å². The average molecular weight is 307 g/mol. The van der Waals surface area contributed by atoms with Crippen LogP contribution >= 0.6 is 11.3 Å². The van der Waals surface area contributed by atoms with Crippen molar-refractivity contribution in [2.75, 3.05) is 0 Å². The lowest BCUT2D eigenvalue weighted by molar-refractivity contribution is -0.141. The van der Waals surface area contributed by atoms with Crippen LogP contribution in [-0.2, 0) is 16.0 Å². The number of fused-ring (bicyclic) bond motifs is 1. The number of carboxylic acid groups (broad SMARTS) is 1. The van der Waals surface area contributed by atoms with Crippen molar-refractivity contribution in [1.29, 1.82) is 0 Å². The van der Waals surface area contributed by atoms with Crippen molar-refractivity contribution in [2.24, 2.45) is 5.92 Å². The van der Waals surface area contributed by atoms with Gasteiger partial charge in [-0.25, -0.2) is 4.98 Å². The van der Waals surface area contributed by atoms with Crippen LogP contribution in [-0.4, -0.2) is 32.4 Å². The van der Waals surface area contributed by atoms with E-state index in [2.05, 4.69) is 10.3 Å². The maximum Gasteiger partial charge on any atom is 0.306 e. The van der Waals surface area contributed by atoms with Gasteiger partial charge in [0.25, 0.3) is 0 Å². The average Bonchev–Trinajstić information content (AvgIpc) is 3.07. The topological polar surface area (TPSA) is 83.7 Å². The molecule has 3 rings (SSSR count). The van der Waals surface area contributed by atoms with Crippen molar-refractivity contribution in [2.45, 2.75) is 38.6 Å². The normalized spacial score (nSPS) is 21.8. The summed E-state index contributed by atoms with van der Waals surface area (Å²) in [5.74, 6) is -1.14. The molecular weight excluding hydrogens is 290 g/mol. The zero-order valence-electron chi connectivity index (χ0n) is 11.7. The zero-order chi connectivity index (χ0) is 15.0. The van der Waals surface area contributed by atoms with E-state index in [0.29, 0.717) is 19.3 Å². The van der Waals surface area contributed by atoms with Gasteiger partial charge < -0.3 is 10.4 Å². The van der Waals surface area contributed by atoms with Crippen LogP contribution < -0.4 is 5.32 Å². The van der Waals surface area contributed by atoms with E-state index in [-0.39, 0.29) is 17.9 Å². The van der Waals surface area contributed by atoms with Crippen LogP contribution in [0.5, 0.6) is 0 Å². The van der Waals surface area contributed by atoms with Gasteiger partial charge in [0.15, 0.2) is 4.96 Å². The molecule has 2 heterocycles. The summed E-state index contributed by atoms with van der Waals surface area (Å²) in [6, 6.07) is -0.0164. The summed E-state index contributed by atoms with van der Waals surface area (Å²) in [4.78, 5) is 28.3. The van der Waals surface area contributed by atoms with Crippen LogP contribution in [0, 0.1) is 12.8 Å². The van der Waals surface area contributed by atoms with Gasteiger partial charge in [0.2, 0.25) is 5.91 Å². The molecule has 2 aromatic rings.